The molecule has 12 heteroatoms. The second-order valence-corrected chi connectivity index (χ2v) is 8.79. The van der Waals surface area contributed by atoms with E-state index in [9.17, 15) is 8.78 Å². The van der Waals surface area contributed by atoms with Gasteiger partial charge in [0.2, 0.25) is 11.8 Å². The van der Waals surface area contributed by atoms with Gasteiger partial charge in [-0.2, -0.15) is 4.98 Å². The predicted molar refractivity (Wildman–Crippen MR) is 120 cm³/mol. The number of rotatable bonds is 5. The van der Waals surface area contributed by atoms with E-state index in [0.717, 1.165) is 22.2 Å². The number of halogens is 2. The second-order valence-electron chi connectivity index (χ2n) is 8.79. The lowest BCUT2D eigenvalue weighted by atomic mass is 9.98. The Bertz CT molecular complexity index is 1370. The van der Waals surface area contributed by atoms with Gasteiger partial charge in [0.05, 0.1) is 44.5 Å². The number of nitrogens with zero attached hydrogens (tertiary/aromatic N) is 7. The number of hydrogen-bond acceptors (Lipinski definition) is 8. The molecule has 0 aliphatic carbocycles. The summed E-state index contributed by atoms with van der Waals surface area (Å²) in [5, 5.41) is 15.5. The standard InChI is InChI=1S/C22H24F2N8O2/c1-30-17-9-13(3-4-16(17)27-29-30)15-5-8-32-19(15)20(33-2)26-21(28-32)25-18-6-7-31(12-22(18,23)24)14-10-34-11-14/h3-5,8-9,14,18H,6-7,10-12H2,1-2H3,(H,25,28)/t18-/m1/s1. The number of likely N-dealkylation sites (tertiary alicyclic amines) is 1. The largest absolute Gasteiger partial charge is 0.479 e. The number of nitrogens with one attached hydrogen (secondary N) is 1. The number of aromatic nitrogens is 6. The van der Waals surface area contributed by atoms with Gasteiger partial charge in [-0.3, -0.25) is 4.90 Å². The molecule has 0 spiro atoms. The average Bonchev–Trinajstić information content (AvgIpc) is 3.37. The molecule has 4 aromatic rings. The van der Waals surface area contributed by atoms with Crippen molar-refractivity contribution in [1.82, 2.24) is 34.5 Å². The number of fused-ring (bicyclic) bond motifs is 2. The van der Waals surface area contributed by atoms with E-state index >= 15 is 0 Å². The summed E-state index contributed by atoms with van der Waals surface area (Å²) in [5.41, 5.74) is 4.10. The highest BCUT2D eigenvalue weighted by Crippen LogP contribution is 2.35. The minimum Gasteiger partial charge on any atom is -0.479 e. The van der Waals surface area contributed by atoms with Gasteiger partial charge in [0.1, 0.15) is 11.0 Å². The third kappa shape index (κ3) is 3.44. The second kappa shape index (κ2) is 7.84. The summed E-state index contributed by atoms with van der Waals surface area (Å²) in [7, 11) is 3.34. The quantitative estimate of drug-likeness (QED) is 0.475. The van der Waals surface area contributed by atoms with Crippen LogP contribution in [0.4, 0.5) is 14.7 Å². The summed E-state index contributed by atoms with van der Waals surface area (Å²) in [6.07, 6.45) is 2.05. The van der Waals surface area contributed by atoms with E-state index in [-0.39, 0.29) is 25.0 Å². The van der Waals surface area contributed by atoms with Gasteiger partial charge in [0.15, 0.2) is 0 Å². The van der Waals surface area contributed by atoms with E-state index in [0.29, 0.717) is 31.2 Å². The number of aryl methyl sites for hydroxylation is 1. The van der Waals surface area contributed by atoms with Crippen LogP contribution in [0.25, 0.3) is 27.7 Å². The fourth-order valence-electron chi connectivity index (χ4n) is 4.67. The summed E-state index contributed by atoms with van der Waals surface area (Å²) in [5.74, 6) is -2.52. The van der Waals surface area contributed by atoms with Gasteiger partial charge in [0.25, 0.3) is 5.92 Å². The van der Waals surface area contributed by atoms with Crippen molar-refractivity contribution < 1.29 is 18.3 Å². The molecule has 2 saturated heterocycles. The number of alkyl halides is 2. The molecule has 0 amide bonds. The van der Waals surface area contributed by atoms with Gasteiger partial charge in [-0.05, 0) is 30.2 Å². The lowest BCUT2D eigenvalue weighted by molar-refractivity contribution is -0.131. The number of ether oxygens (including phenoxy) is 2. The van der Waals surface area contributed by atoms with Crippen LogP contribution in [0, 0.1) is 0 Å². The van der Waals surface area contributed by atoms with Crippen LogP contribution in [-0.2, 0) is 11.8 Å². The Hall–Kier alpha value is -3.38. The zero-order valence-corrected chi connectivity index (χ0v) is 18.8. The summed E-state index contributed by atoms with van der Waals surface area (Å²) in [6.45, 7) is 1.30. The molecule has 0 unspecified atom stereocenters. The minimum atomic E-state index is -2.92. The first-order valence-electron chi connectivity index (χ1n) is 11.1. The molecular weight excluding hydrogens is 446 g/mol. The maximum Gasteiger partial charge on any atom is 0.280 e. The van der Waals surface area contributed by atoms with Gasteiger partial charge >= 0.3 is 0 Å². The number of anilines is 1. The van der Waals surface area contributed by atoms with E-state index in [1.807, 2.05) is 31.3 Å². The SMILES string of the molecule is COc1nc(N[C@@H]2CCN(C3COC3)CC2(F)F)nn2ccc(-c3ccc4nnn(C)c4c3)c12. The highest BCUT2D eigenvalue weighted by atomic mass is 19.3. The fraction of sp³-hybridized carbons (Fsp3) is 0.455. The van der Waals surface area contributed by atoms with E-state index < -0.39 is 12.0 Å². The Labute approximate surface area is 193 Å². The molecular formula is C22H24F2N8O2. The molecule has 2 fully saturated rings. The molecule has 0 saturated carbocycles. The maximum atomic E-state index is 14.9. The first-order valence-corrected chi connectivity index (χ1v) is 11.1. The smallest absolute Gasteiger partial charge is 0.280 e. The zero-order valence-electron chi connectivity index (χ0n) is 18.8. The van der Waals surface area contributed by atoms with Crippen LogP contribution in [0.3, 0.4) is 0 Å². The fourth-order valence-corrected chi connectivity index (χ4v) is 4.67. The molecule has 10 nitrogen and oxygen atoms in total. The van der Waals surface area contributed by atoms with Crippen LogP contribution >= 0.6 is 0 Å². The number of benzene rings is 1. The van der Waals surface area contributed by atoms with Gasteiger partial charge in [0, 0.05) is 25.4 Å². The molecule has 2 aliphatic rings. The first-order chi connectivity index (χ1) is 16.4. The van der Waals surface area contributed by atoms with Gasteiger partial charge in [-0.25, -0.2) is 18.0 Å². The minimum absolute atomic E-state index is 0.0826. The van der Waals surface area contributed by atoms with Crippen molar-refractivity contribution in [3.8, 4) is 17.0 Å². The van der Waals surface area contributed by atoms with Crippen molar-refractivity contribution in [1.29, 1.82) is 0 Å². The molecule has 178 valence electrons. The lowest BCUT2D eigenvalue weighted by Gasteiger charge is -2.44. The molecule has 3 aromatic heterocycles. The molecule has 2 aliphatic heterocycles. The van der Waals surface area contributed by atoms with Crippen molar-refractivity contribution in [2.45, 2.75) is 24.4 Å². The monoisotopic (exact) mass is 470 g/mol. The van der Waals surface area contributed by atoms with Crippen LogP contribution in [0.5, 0.6) is 5.88 Å². The van der Waals surface area contributed by atoms with Crippen LogP contribution < -0.4 is 10.1 Å². The molecule has 34 heavy (non-hydrogen) atoms. The Morgan fingerprint density at radius 3 is 2.82 bits per heavy atom. The van der Waals surface area contributed by atoms with Crippen LogP contribution in [-0.4, -0.2) is 85.9 Å². The molecule has 5 heterocycles. The van der Waals surface area contributed by atoms with E-state index in [2.05, 4.69) is 25.7 Å². The van der Waals surface area contributed by atoms with Crippen molar-refractivity contribution in [2.24, 2.45) is 7.05 Å². The van der Waals surface area contributed by atoms with Crippen LogP contribution in [0.1, 0.15) is 6.42 Å². The summed E-state index contributed by atoms with van der Waals surface area (Å²) in [6, 6.07) is 6.74. The summed E-state index contributed by atoms with van der Waals surface area (Å²) >= 11 is 0. The third-order valence-electron chi connectivity index (χ3n) is 6.66. The summed E-state index contributed by atoms with van der Waals surface area (Å²) in [4.78, 5) is 6.23. The topological polar surface area (TPSA) is 94.6 Å². The molecule has 1 atom stereocenters. The van der Waals surface area contributed by atoms with Crippen molar-refractivity contribution in [3.05, 3.63) is 30.5 Å². The van der Waals surface area contributed by atoms with Crippen molar-refractivity contribution in [3.63, 3.8) is 0 Å². The lowest BCUT2D eigenvalue weighted by Crippen LogP contribution is -2.61. The molecule has 6 rings (SSSR count). The molecule has 1 aromatic carbocycles. The average molecular weight is 470 g/mol. The Morgan fingerprint density at radius 2 is 2.09 bits per heavy atom. The highest BCUT2D eigenvalue weighted by Gasteiger charge is 2.47. The normalized spacial score (nSPS) is 21.1. The Morgan fingerprint density at radius 1 is 1.24 bits per heavy atom. The maximum absolute atomic E-state index is 14.9. The zero-order chi connectivity index (χ0) is 23.4. The Balaban J connectivity index is 1.31. The third-order valence-corrected chi connectivity index (χ3v) is 6.66. The predicted octanol–water partition coefficient (Wildman–Crippen LogP) is 2.21. The number of hydrogen-bond donors (Lipinski definition) is 1. The van der Waals surface area contributed by atoms with E-state index in [1.54, 1.807) is 20.3 Å². The summed E-state index contributed by atoms with van der Waals surface area (Å²) < 4.78 is 43.9. The number of methoxy groups -OCH3 is 1. The van der Waals surface area contributed by atoms with E-state index in [4.69, 9.17) is 9.47 Å². The van der Waals surface area contributed by atoms with E-state index in [1.165, 1.54) is 7.11 Å². The van der Waals surface area contributed by atoms with Gasteiger partial charge < -0.3 is 14.8 Å². The van der Waals surface area contributed by atoms with Crippen LogP contribution in [0.2, 0.25) is 0 Å². The van der Waals surface area contributed by atoms with Gasteiger partial charge in [-0.15, -0.1) is 10.2 Å². The van der Waals surface area contributed by atoms with Gasteiger partial charge in [-0.1, -0.05) is 11.3 Å². The van der Waals surface area contributed by atoms with Crippen LogP contribution in [0.15, 0.2) is 30.5 Å². The highest BCUT2D eigenvalue weighted by molar-refractivity contribution is 5.89. The van der Waals surface area contributed by atoms with Crippen molar-refractivity contribution >= 4 is 22.5 Å². The molecule has 0 radical (unpaired) electrons. The Kier molecular flexibility index (Phi) is 4.88. The van der Waals surface area contributed by atoms with Crippen molar-refractivity contribution in [2.75, 3.05) is 38.7 Å². The first kappa shape index (κ1) is 21.2. The number of piperidine rings is 1. The molecule has 1 N–H and O–H groups in total. The molecule has 0 bridgehead atoms.